The second kappa shape index (κ2) is 10.2. The first-order valence-electron chi connectivity index (χ1n) is 6.55. The van der Waals surface area contributed by atoms with E-state index in [0.717, 1.165) is 19.3 Å². The number of rotatable bonds is 10. The molecular formula is C12H21LiO7S. The fourth-order valence-corrected chi connectivity index (χ4v) is 2.71. The number of carboxylic acids is 1. The number of aliphatic carboxylic acids is 1. The first kappa shape index (κ1) is 22.7. The topological polar surface area (TPSA) is 121 Å². The van der Waals surface area contributed by atoms with Gasteiger partial charge in [0.1, 0.15) is 0 Å². The molecule has 0 aliphatic heterocycles. The van der Waals surface area contributed by atoms with Gasteiger partial charge in [-0.3, -0.25) is 9.35 Å². The summed E-state index contributed by atoms with van der Waals surface area (Å²) >= 11 is 0. The molecule has 0 amide bonds. The largest absolute Gasteiger partial charge is 1.00 e. The van der Waals surface area contributed by atoms with Crippen molar-refractivity contribution in [1.82, 2.24) is 0 Å². The maximum Gasteiger partial charge on any atom is 1.00 e. The zero-order valence-corrected chi connectivity index (χ0v) is 13.6. The Labute approximate surface area is 137 Å². The molecule has 0 saturated carbocycles. The molecule has 1 N–H and O–H groups in total. The van der Waals surface area contributed by atoms with Gasteiger partial charge in [0.2, 0.25) is 0 Å². The van der Waals surface area contributed by atoms with E-state index >= 15 is 0 Å². The van der Waals surface area contributed by atoms with Crippen LogP contribution >= 0.6 is 0 Å². The van der Waals surface area contributed by atoms with Crippen molar-refractivity contribution in [2.75, 3.05) is 6.61 Å². The standard InChI is InChI=1S/C12H22O7S.Li/c1-3-5-6-7-8-19-11(15)12(4-2,9-10(13)14)20(16,17)18;/h3-9H2,1-2H3,(H,13,14)(H,16,17,18);/q;+1/p-1. The van der Waals surface area contributed by atoms with Crippen LogP contribution in [0.25, 0.3) is 0 Å². The molecule has 0 bridgehead atoms. The number of hydrogen-bond donors (Lipinski definition) is 1. The summed E-state index contributed by atoms with van der Waals surface area (Å²) in [6, 6.07) is 0. The van der Waals surface area contributed by atoms with Gasteiger partial charge in [-0.1, -0.05) is 33.1 Å². The average molecular weight is 316 g/mol. The first-order valence-corrected chi connectivity index (χ1v) is 7.99. The van der Waals surface area contributed by atoms with Gasteiger partial charge >= 0.3 is 24.8 Å². The molecule has 0 aromatic carbocycles. The Morgan fingerprint density at radius 1 is 1.19 bits per heavy atom. The molecule has 1 unspecified atom stereocenters. The Bertz CT molecular complexity index is 435. The van der Waals surface area contributed by atoms with Crippen LogP contribution in [0.15, 0.2) is 0 Å². The van der Waals surface area contributed by atoms with Crippen LogP contribution in [-0.4, -0.2) is 36.3 Å². The van der Waals surface area contributed by atoms with Gasteiger partial charge in [0, 0.05) is 12.4 Å². The third-order valence-electron chi connectivity index (χ3n) is 3.10. The van der Waals surface area contributed by atoms with Crippen LogP contribution in [0.3, 0.4) is 0 Å². The maximum atomic E-state index is 11.9. The van der Waals surface area contributed by atoms with Crippen LogP contribution in [0.4, 0.5) is 0 Å². The number of hydrogen-bond acceptors (Lipinski definition) is 6. The molecule has 0 aliphatic rings. The molecule has 0 fully saturated rings. The van der Waals surface area contributed by atoms with E-state index < -0.39 is 39.6 Å². The van der Waals surface area contributed by atoms with Gasteiger partial charge in [-0.05, 0) is 12.8 Å². The van der Waals surface area contributed by atoms with E-state index in [4.69, 9.17) is 9.29 Å². The van der Waals surface area contributed by atoms with E-state index in [1.807, 2.05) is 6.92 Å². The van der Waals surface area contributed by atoms with E-state index in [1.165, 1.54) is 6.92 Å². The zero-order valence-electron chi connectivity index (χ0n) is 12.8. The van der Waals surface area contributed by atoms with Crippen molar-refractivity contribution in [1.29, 1.82) is 0 Å². The number of unbranched alkanes of at least 4 members (excludes halogenated alkanes) is 3. The SMILES string of the molecule is CCCCCCOC(=O)C(CC)(CC(=O)[O-])S(=O)(=O)O.[Li+]. The van der Waals surface area contributed by atoms with Crippen LogP contribution in [0.5, 0.6) is 0 Å². The second-order valence-corrected chi connectivity index (χ2v) is 6.30. The van der Waals surface area contributed by atoms with Crippen LogP contribution in [0.2, 0.25) is 0 Å². The summed E-state index contributed by atoms with van der Waals surface area (Å²) in [5, 5.41) is 10.6. The predicted octanol–water partition coefficient (Wildman–Crippen LogP) is -2.71. The molecule has 0 radical (unpaired) electrons. The van der Waals surface area contributed by atoms with Crippen molar-refractivity contribution >= 4 is 22.1 Å². The van der Waals surface area contributed by atoms with Crippen molar-refractivity contribution < 1.29 is 51.3 Å². The summed E-state index contributed by atoms with van der Waals surface area (Å²) in [6.45, 7) is 3.28. The molecule has 0 rings (SSSR count). The summed E-state index contributed by atoms with van der Waals surface area (Å²) in [5.74, 6) is -2.99. The van der Waals surface area contributed by atoms with E-state index in [9.17, 15) is 23.1 Å². The Morgan fingerprint density at radius 2 is 1.76 bits per heavy atom. The number of carboxylic acid groups (broad SMARTS) is 1. The number of esters is 1. The van der Waals surface area contributed by atoms with Crippen LogP contribution < -0.4 is 24.0 Å². The molecule has 9 heteroatoms. The van der Waals surface area contributed by atoms with E-state index in [1.54, 1.807) is 0 Å². The monoisotopic (exact) mass is 316 g/mol. The quantitative estimate of drug-likeness (QED) is 0.201. The Balaban J connectivity index is 0. The minimum absolute atomic E-state index is 0. The molecule has 0 saturated heterocycles. The number of ether oxygens (including phenoxy) is 1. The minimum Gasteiger partial charge on any atom is -0.550 e. The summed E-state index contributed by atoms with van der Waals surface area (Å²) < 4.78 is 34.2. The molecule has 21 heavy (non-hydrogen) atoms. The van der Waals surface area contributed by atoms with Gasteiger partial charge in [-0.2, -0.15) is 8.42 Å². The van der Waals surface area contributed by atoms with Gasteiger partial charge in [0.05, 0.1) is 6.61 Å². The summed E-state index contributed by atoms with van der Waals surface area (Å²) in [6.07, 6.45) is 1.77. The molecule has 0 aromatic rings. The van der Waals surface area contributed by atoms with E-state index in [2.05, 4.69) is 0 Å². The smallest absolute Gasteiger partial charge is 0.550 e. The molecule has 118 valence electrons. The summed E-state index contributed by atoms with van der Waals surface area (Å²) in [7, 11) is -4.91. The minimum atomic E-state index is -4.91. The van der Waals surface area contributed by atoms with Gasteiger partial charge in [0.15, 0.2) is 4.75 Å². The van der Waals surface area contributed by atoms with Gasteiger partial charge in [-0.15, -0.1) is 0 Å². The van der Waals surface area contributed by atoms with Crippen LogP contribution in [0.1, 0.15) is 52.4 Å². The number of carbonyl (C=O) groups excluding carboxylic acids is 2. The average Bonchev–Trinajstić information content (AvgIpc) is 2.33. The fourth-order valence-electron chi connectivity index (χ4n) is 1.78. The first-order chi connectivity index (χ1) is 9.21. The molecule has 0 aromatic heterocycles. The molecule has 0 aliphatic carbocycles. The van der Waals surface area contributed by atoms with Crippen LogP contribution in [-0.2, 0) is 24.4 Å². The van der Waals surface area contributed by atoms with Crippen molar-refractivity contribution in [3.63, 3.8) is 0 Å². The molecule has 1 atom stereocenters. The van der Waals surface area contributed by atoms with Crippen molar-refractivity contribution in [3.8, 4) is 0 Å². The Morgan fingerprint density at radius 3 is 2.14 bits per heavy atom. The predicted molar refractivity (Wildman–Crippen MR) is 69.3 cm³/mol. The summed E-state index contributed by atoms with van der Waals surface area (Å²) in [5.41, 5.74) is 0. The Hall–Kier alpha value is -0.553. The third-order valence-corrected chi connectivity index (χ3v) is 4.69. The molecule has 7 nitrogen and oxygen atoms in total. The van der Waals surface area contributed by atoms with Crippen molar-refractivity contribution in [2.24, 2.45) is 0 Å². The van der Waals surface area contributed by atoms with E-state index in [-0.39, 0.29) is 25.5 Å². The van der Waals surface area contributed by atoms with Gasteiger partial charge in [0.25, 0.3) is 10.1 Å². The van der Waals surface area contributed by atoms with E-state index in [0.29, 0.717) is 6.42 Å². The maximum absolute atomic E-state index is 11.9. The molecular weight excluding hydrogens is 295 g/mol. The molecule has 0 heterocycles. The van der Waals surface area contributed by atoms with Gasteiger partial charge in [-0.25, -0.2) is 0 Å². The van der Waals surface area contributed by atoms with Crippen LogP contribution in [0, 0.1) is 0 Å². The third kappa shape index (κ3) is 6.83. The second-order valence-electron chi connectivity index (χ2n) is 4.57. The zero-order chi connectivity index (χ0) is 15.8. The van der Waals surface area contributed by atoms with Crippen molar-refractivity contribution in [2.45, 2.75) is 57.1 Å². The summed E-state index contributed by atoms with van der Waals surface area (Å²) in [4.78, 5) is 22.5. The molecule has 0 spiro atoms. The normalized spacial score (nSPS) is 13.9. The van der Waals surface area contributed by atoms with Crippen molar-refractivity contribution in [3.05, 3.63) is 0 Å². The Kier molecular flexibility index (Phi) is 11.1. The number of carbonyl (C=O) groups is 2. The fraction of sp³-hybridized carbons (Fsp3) is 0.833. The van der Waals surface area contributed by atoms with Gasteiger partial charge < -0.3 is 14.6 Å².